The second-order valence-corrected chi connectivity index (χ2v) is 10.6. The number of thiophene rings is 1. The zero-order valence-electron chi connectivity index (χ0n) is 19.4. The van der Waals surface area contributed by atoms with Gasteiger partial charge >= 0.3 is 0 Å². The summed E-state index contributed by atoms with van der Waals surface area (Å²) >= 11 is 8.81. The van der Waals surface area contributed by atoms with E-state index in [2.05, 4.69) is 28.5 Å². The number of hydrogen-bond acceptors (Lipinski definition) is 7. The molecule has 4 rings (SSSR count). The number of halogens is 2. The molecule has 0 bridgehead atoms. The van der Waals surface area contributed by atoms with Gasteiger partial charge in [-0.05, 0) is 55.9 Å². The Morgan fingerprint density at radius 3 is 2.97 bits per heavy atom. The molecule has 2 aromatic heterocycles. The Morgan fingerprint density at radius 2 is 2.26 bits per heavy atom. The molecule has 1 aromatic carbocycles. The average molecular weight is 534 g/mol. The fourth-order valence-electron chi connectivity index (χ4n) is 4.09. The summed E-state index contributed by atoms with van der Waals surface area (Å²) < 4.78 is 20.8. The quantitative estimate of drug-likeness (QED) is 0.347. The Hall–Kier alpha value is -2.61. The molecule has 0 fully saturated rings. The lowest BCUT2D eigenvalue weighted by Gasteiger charge is -2.20. The number of thioether (sulfide) groups is 1. The Labute approximate surface area is 216 Å². The Balaban J connectivity index is 1.38. The molecule has 184 valence electrons. The highest BCUT2D eigenvalue weighted by Crippen LogP contribution is 2.40. The molecule has 0 spiro atoms. The van der Waals surface area contributed by atoms with Crippen LogP contribution in [0, 0.1) is 23.1 Å². The minimum absolute atomic E-state index is 0.101. The number of amides is 1. The van der Waals surface area contributed by atoms with Crippen molar-refractivity contribution in [3.05, 3.63) is 50.9 Å². The van der Waals surface area contributed by atoms with Crippen molar-refractivity contribution in [3.8, 4) is 11.8 Å². The van der Waals surface area contributed by atoms with E-state index in [1.807, 2.05) is 11.5 Å². The van der Waals surface area contributed by atoms with Crippen molar-refractivity contribution in [2.45, 2.75) is 57.8 Å². The first kappa shape index (κ1) is 25.5. The first-order chi connectivity index (χ1) is 16.9. The maximum Gasteiger partial charge on any atom is 0.235 e. The smallest absolute Gasteiger partial charge is 0.235 e. The number of aromatic nitrogens is 3. The van der Waals surface area contributed by atoms with Gasteiger partial charge in [-0.2, -0.15) is 5.26 Å². The van der Waals surface area contributed by atoms with Crippen LogP contribution in [0.4, 0.5) is 9.39 Å². The largest absolute Gasteiger partial charge is 0.484 e. The van der Waals surface area contributed by atoms with Crippen LogP contribution in [0.1, 0.15) is 48.5 Å². The van der Waals surface area contributed by atoms with E-state index in [9.17, 15) is 14.4 Å². The first-order valence-corrected chi connectivity index (χ1v) is 13.6. The third-order valence-electron chi connectivity index (χ3n) is 6.00. The van der Waals surface area contributed by atoms with Gasteiger partial charge < -0.3 is 14.6 Å². The number of anilines is 1. The van der Waals surface area contributed by atoms with Crippen molar-refractivity contribution < 1.29 is 13.9 Å². The molecule has 1 atom stereocenters. The molecule has 7 nitrogen and oxygen atoms in total. The minimum Gasteiger partial charge on any atom is -0.484 e. The van der Waals surface area contributed by atoms with Gasteiger partial charge in [0.1, 0.15) is 29.2 Å². The molecule has 0 saturated heterocycles. The van der Waals surface area contributed by atoms with Crippen molar-refractivity contribution in [2.75, 3.05) is 11.1 Å². The van der Waals surface area contributed by atoms with E-state index in [4.69, 9.17) is 16.3 Å². The molecule has 11 heteroatoms. The third-order valence-corrected chi connectivity index (χ3v) is 8.43. The molecule has 1 unspecified atom stereocenters. The number of carbonyl (C=O) groups is 1. The number of hydrogen-bond donors (Lipinski definition) is 1. The van der Waals surface area contributed by atoms with Crippen molar-refractivity contribution in [2.24, 2.45) is 5.92 Å². The maximum absolute atomic E-state index is 13.2. The Bertz CT molecular complexity index is 1270. The molecule has 1 aliphatic rings. The van der Waals surface area contributed by atoms with Gasteiger partial charge in [0.05, 0.1) is 16.3 Å². The van der Waals surface area contributed by atoms with E-state index in [0.717, 1.165) is 31.2 Å². The summed E-state index contributed by atoms with van der Waals surface area (Å²) in [7, 11) is 0. The fraction of sp³-hybridized carbons (Fsp3) is 0.417. The summed E-state index contributed by atoms with van der Waals surface area (Å²) in [6, 6.07) is 6.21. The van der Waals surface area contributed by atoms with Crippen LogP contribution in [-0.2, 0) is 30.8 Å². The summed E-state index contributed by atoms with van der Waals surface area (Å²) in [6.07, 6.45) is 4.08. The van der Waals surface area contributed by atoms with E-state index in [1.165, 1.54) is 46.2 Å². The van der Waals surface area contributed by atoms with Gasteiger partial charge in [0, 0.05) is 11.4 Å². The van der Waals surface area contributed by atoms with Gasteiger partial charge in [0.25, 0.3) is 0 Å². The molecular formula is C24H25ClFN5O2S2. The number of benzene rings is 1. The van der Waals surface area contributed by atoms with Crippen LogP contribution in [0.2, 0.25) is 5.02 Å². The van der Waals surface area contributed by atoms with Crippen molar-refractivity contribution >= 4 is 45.6 Å². The van der Waals surface area contributed by atoms with Crippen LogP contribution in [0.15, 0.2) is 23.4 Å². The molecule has 35 heavy (non-hydrogen) atoms. The predicted molar refractivity (Wildman–Crippen MR) is 136 cm³/mol. The lowest BCUT2D eigenvalue weighted by Crippen LogP contribution is -2.15. The van der Waals surface area contributed by atoms with Crippen LogP contribution < -0.4 is 10.1 Å². The van der Waals surface area contributed by atoms with Crippen LogP contribution >= 0.6 is 34.7 Å². The van der Waals surface area contributed by atoms with Gasteiger partial charge in [-0.3, -0.25) is 4.79 Å². The molecule has 0 radical (unpaired) electrons. The fourth-order valence-corrected chi connectivity index (χ4v) is 6.46. The number of rotatable bonds is 9. The number of carbonyl (C=O) groups excluding carboxylic acids is 1. The molecular weight excluding hydrogens is 509 g/mol. The molecule has 1 amide bonds. The van der Waals surface area contributed by atoms with E-state index in [0.29, 0.717) is 39.8 Å². The van der Waals surface area contributed by atoms with Gasteiger partial charge in [0.15, 0.2) is 11.0 Å². The molecule has 3 aromatic rings. The van der Waals surface area contributed by atoms with Gasteiger partial charge in [-0.25, -0.2) is 4.39 Å². The SMILES string of the molecule is CCC1CCc2c(sc(NC(=O)CSc3nnc(COc4ccc(F)cc4Cl)n3CC)c2C#N)C1. The number of fused-ring (bicyclic) bond motifs is 1. The summed E-state index contributed by atoms with van der Waals surface area (Å²) in [5.41, 5.74) is 1.70. The van der Waals surface area contributed by atoms with Crippen LogP contribution in [0.25, 0.3) is 0 Å². The summed E-state index contributed by atoms with van der Waals surface area (Å²) in [5, 5.41) is 22.4. The van der Waals surface area contributed by atoms with Gasteiger partial charge in [0.2, 0.25) is 5.91 Å². The Morgan fingerprint density at radius 1 is 1.43 bits per heavy atom. The Kier molecular flexibility index (Phi) is 8.31. The van der Waals surface area contributed by atoms with Crippen LogP contribution in [-0.4, -0.2) is 26.4 Å². The zero-order valence-corrected chi connectivity index (χ0v) is 21.8. The maximum atomic E-state index is 13.2. The number of nitrogens with zero attached hydrogens (tertiary/aromatic N) is 4. The lowest BCUT2D eigenvalue weighted by molar-refractivity contribution is -0.113. The van der Waals surface area contributed by atoms with Gasteiger partial charge in [-0.1, -0.05) is 36.7 Å². The number of nitrogens with one attached hydrogen (secondary N) is 1. The van der Waals surface area contributed by atoms with Crippen LogP contribution in [0.3, 0.4) is 0 Å². The van der Waals surface area contributed by atoms with Crippen molar-refractivity contribution in [1.82, 2.24) is 14.8 Å². The molecule has 2 heterocycles. The molecule has 1 aliphatic carbocycles. The van der Waals surface area contributed by atoms with Crippen LogP contribution in [0.5, 0.6) is 5.75 Å². The normalized spacial score (nSPS) is 14.9. The highest BCUT2D eigenvalue weighted by atomic mass is 35.5. The van der Waals surface area contributed by atoms with Crippen molar-refractivity contribution in [3.63, 3.8) is 0 Å². The topological polar surface area (TPSA) is 92.8 Å². The molecule has 1 N–H and O–H groups in total. The van der Waals surface area contributed by atoms with E-state index in [1.54, 1.807) is 0 Å². The number of nitriles is 1. The first-order valence-electron chi connectivity index (χ1n) is 11.4. The minimum atomic E-state index is -0.439. The zero-order chi connectivity index (χ0) is 24.9. The van der Waals surface area contributed by atoms with Gasteiger partial charge in [-0.15, -0.1) is 21.5 Å². The highest BCUT2D eigenvalue weighted by molar-refractivity contribution is 7.99. The molecule has 0 aliphatic heterocycles. The molecule has 0 saturated carbocycles. The summed E-state index contributed by atoms with van der Waals surface area (Å²) in [6.45, 7) is 4.82. The summed E-state index contributed by atoms with van der Waals surface area (Å²) in [5.74, 6) is 1.06. The lowest BCUT2D eigenvalue weighted by atomic mass is 9.86. The van der Waals surface area contributed by atoms with E-state index >= 15 is 0 Å². The third kappa shape index (κ3) is 5.80. The highest BCUT2D eigenvalue weighted by Gasteiger charge is 2.26. The second kappa shape index (κ2) is 11.4. The van der Waals surface area contributed by atoms with E-state index < -0.39 is 5.82 Å². The standard InChI is InChI=1S/C24H25ClFN5O2S2/c1-3-14-5-7-16-17(11-27)23(35-20(16)9-14)28-22(32)13-34-24-30-29-21(31(24)4-2)12-33-19-8-6-15(26)10-18(19)25/h6,8,10,14H,3-5,7,9,12-13H2,1-2H3,(H,28,32). The monoisotopic (exact) mass is 533 g/mol. The second-order valence-electron chi connectivity index (χ2n) is 8.18. The van der Waals surface area contributed by atoms with E-state index in [-0.39, 0.29) is 23.3 Å². The van der Waals surface area contributed by atoms with Crippen molar-refractivity contribution in [1.29, 1.82) is 5.26 Å². The predicted octanol–water partition coefficient (Wildman–Crippen LogP) is 5.85. The summed E-state index contributed by atoms with van der Waals surface area (Å²) in [4.78, 5) is 13.9. The average Bonchev–Trinajstić information content (AvgIpc) is 3.41. The number of ether oxygens (including phenoxy) is 1.